The zero-order valence-electron chi connectivity index (χ0n) is 48.5. The standard InChI is InChI=1S/C69H112O6/c1-4-7-10-13-16-19-22-25-28-30-31-32-33-34-35-36-37-39-41-44-47-50-53-56-59-62-68(71)74-65-66(64-73-67(70)61-58-55-52-49-46-43-40-27-24-21-18-15-12-9-6-3)75-69(72)63-60-57-54-51-48-45-42-38-29-26-23-20-17-14-11-8-5-2/h8-9,11-12,17-18,20-21,26-27,29-31,40,42,45-46,49,51,54-55,58,66H,4-7,10,13-16,19,22-25,28,32-39,41,43-44,47-48,50,52-53,56-57,59-65H2,1-3H3/b11-8-,12-9-,20-17-,21-18-,29-26-,31-30-,40-27-,45-42-,49-46-,54-51-,58-55-. The minimum absolute atomic E-state index is 0.110. The third-order valence-electron chi connectivity index (χ3n) is 12.7. The zero-order chi connectivity index (χ0) is 54.3. The van der Waals surface area contributed by atoms with Gasteiger partial charge in [0.1, 0.15) is 13.2 Å². The maximum atomic E-state index is 12.8. The molecular formula is C69H112O6. The average molecular weight is 1040 g/mol. The number of hydrogen-bond donors (Lipinski definition) is 0. The molecule has 0 radical (unpaired) electrons. The summed E-state index contributed by atoms with van der Waals surface area (Å²) in [5.74, 6) is -1.13. The van der Waals surface area contributed by atoms with Crippen LogP contribution in [0.4, 0.5) is 0 Å². The molecule has 0 rings (SSSR count). The molecule has 0 fully saturated rings. The van der Waals surface area contributed by atoms with E-state index in [1.54, 1.807) is 6.08 Å². The molecule has 1 atom stereocenters. The predicted molar refractivity (Wildman–Crippen MR) is 325 cm³/mol. The maximum absolute atomic E-state index is 12.8. The first kappa shape index (κ1) is 70.5. The molecule has 0 saturated carbocycles. The summed E-state index contributed by atoms with van der Waals surface area (Å²) in [5.41, 5.74) is 0. The van der Waals surface area contributed by atoms with Gasteiger partial charge in [0.15, 0.2) is 6.10 Å². The zero-order valence-corrected chi connectivity index (χ0v) is 48.5. The second-order valence-corrected chi connectivity index (χ2v) is 19.9. The van der Waals surface area contributed by atoms with Crippen molar-refractivity contribution < 1.29 is 28.6 Å². The van der Waals surface area contributed by atoms with E-state index in [9.17, 15) is 14.4 Å². The normalized spacial score (nSPS) is 13.1. The number of carbonyl (C=O) groups is 3. The van der Waals surface area contributed by atoms with Crippen molar-refractivity contribution in [2.75, 3.05) is 13.2 Å². The summed E-state index contributed by atoms with van der Waals surface area (Å²) < 4.78 is 16.7. The van der Waals surface area contributed by atoms with Crippen molar-refractivity contribution >= 4 is 17.9 Å². The van der Waals surface area contributed by atoms with Gasteiger partial charge in [-0.3, -0.25) is 14.4 Å². The lowest BCUT2D eigenvalue weighted by Gasteiger charge is -2.18. The Kier molecular flexibility index (Phi) is 58.4. The highest BCUT2D eigenvalue weighted by atomic mass is 16.6. The largest absolute Gasteiger partial charge is 0.462 e. The highest BCUT2D eigenvalue weighted by molar-refractivity contribution is 5.72. The van der Waals surface area contributed by atoms with Gasteiger partial charge in [0.2, 0.25) is 0 Å². The third kappa shape index (κ3) is 60.3. The monoisotopic (exact) mass is 1040 g/mol. The fourth-order valence-corrected chi connectivity index (χ4v) is 8.13. The maximum Gasteiger partial charge on any atom is 0.309 e. The van der Waals surface area contributed by atoms with Crippen LogP contribution in [0.15, 0.2) is 134 Å². The number of hydrogen-bond acceptors (Lipinski definition) is 6. The molecule has 6 nitrogen and oxygen atoms in total. The predicted octanol–water partition coefficient (Wildman–Crippen LogP) is 21.0. The van der Waals surface area contributed by atoms with Crippen molar-refractivity contribution in [1.82, 2.24) is 0 Å². The van der Waals surface area contributed by atoms with Gasteiger partial charge in [0.25, 0.3) is 0 Å². The quantitative estimate of drug-likeness (QED) is 0.0261. The molecule has 0 heterocycles. The average Bonchev–Trinajstić information content (AvgIpc) is 3.41. The summed E-state index contributed by atoms with van der Waals surface area (Å²) in [6, 6.07) is 0. The molecule has 0 aliphatic heterocycles. The van der Waals surface area contributed by atoms with Crippen molar-refractivity contribution in [1.29, 1.82) is 0 Å². The molecule has 75 heavy (non-hydrogen) atoms. The fraction of sp³-hybridized carbons (Fsp3) is 0.638. The van der Waals surface area contributed by atoms with Gasteiger partial charge in [-0.2, -0.15) is 0 Å². The molecule has 424 valence electrons. The van der Waals surface area contributed by atoms with Gasteiger partial charge >= 0.3 is 17.9 Å². The second-order valence-electron chi connectivity index (χ2n) is 19.9. The van der Waals surface area contributed by atoms with Crippen LogP contribution in [0.25, 0.3) is 0 Å². The summed E-state index contributed by atoms with van der Waals surface area (Å²) in [6.45, 7) is 6.28. The van der Waals surface area contributed by atoms with Crippen LogP contribution in [-0.2, 0) is 28.6 Å². The highest BCUT2D eigenvalue weighted by Crippen LogP contribution is 2.15. The van der Waals surface area contributed by atoms with Gasteiger partial charge in [-0.25, -0.2) is 0 Å². The Bertz CT molecular complexity index is 1620. The lowest BCUT2D eigenvalue weighted by molar-refractivity contribution is -0.166. The van der Waals surface area contributed by atoms with Crippen molar-refractivity contribution in [2.24, 2.45) is 0 Å². The first-order chi connectivity index (χ1) is 37.0. The summed E-state index contributed by atoms with van der Waals surface area (Å²) in [6.07, 6.45) is 87.8. The van der Waals surface area contributed by atoms with E-state index in [4.69, 9.17) is 14.2 Å². The van der Waals surface area contributed by atoms with E-state index in [2.05, 4.69) is 142 Å². The van der Waals surface area contributed by atoms with Crippen LogP contribution >= 0.6 is 0 Å². The molecule has 0 amide bonds. The summed E-state index contributed by atoms with van der Waals surface area (Å²) in [5, 5.41) is 0. The number of allylic oxidation sites excluding steroid dienone is 21. The topological polar surface area (TPSA) is 78.9 Å². The van der Waals surface area contributed by atoms with E-state index in [0.29, 0.717) is 12.8 Å². The van der Waals surface area contributed by atoms with E-state index in [0.717, 1.165) is 89.9 Å². The van der Waals surface area contributed by atoms with Crippen molar-refractivity contribution in [3.8, 4) is 0 Å². The first-order valence-corrected chi connectivity index (χ1v) is 30.7. The Morgan fingerprint density at radius 3 is 0.987 bits per heavy atom. The molecule has 1 unspecified atom stereocenters. The summed E-state index contributed by atoms with van der Waals surface area (Å²) in [4.78, 5) is 38.1. The van der Waals surface area contributed by atoms with Gasteiger partial charge in [-0.05, 0) is 109 Å². The fourth-order valence-electron chi connectivity index (χ4n) is 8.13. The number of carbonyl (C=O) groups excluding carboxylic acids is 3. The summed E-state index contributed by atoms with van der Waals surface area (Å²) >= 11 is 0. The van der Waals surface area contributed by atoms with Crippen LogP contribution in [0.1, 0.15) is 265 Å². The van der Waals surface area contributed by atoms with Gasteiger partial charge in [0.05, 0.1) is 6.42 Å². The van der Waals surface area contributed by atoms with Gasteiger partial charge in [-0.1, -0.05) is 270 Å². The molecule has 0 aromatic heterocycles. The molecule has 0 N–H and O–H groups in total. The third-order valence-corrected chi connectivity index (χ3v) is 12.7. The SMILES string of the molecule is CC/C=C\C/C=C\C/C=C\C/C=C\C/C=C\CCCC(=O)OC(COC(=O)C/C=C\C/C=C\C/C=C\C/C=C\C/C=C\CC)COC(=O)CCCCCCCCCCCCCCC/C=C\CCCCCCCCCC. The Hall–Kier alpha value is -4.45. The molecule has 0 spiro atoms. The molecule has 0 saturated heterocycles. The van der Waals surface area contributed by atoms with Crippen LogP contribution in [0.3, 0.4) is 0 Å². The van der Waals surface area contributed by atoms with Gasteiger partial charge in [-0.15, -0.1) is 0 Å². The number of ether oxygens (including phenoxy) is 3. The molecule has 0 aromatic carbocycles. The van der Waals surface area contributed by atoms with E-state index in [-0.39, 0.29) is 32.0 Å². The van der Waals surface area contributed by atoms with Crippen LogP contribution in [0, 0.1) is 0 Å². The van der Waals surface area contributed by atoms with E-state index in [1.807, 2.05) is 6.08 Å². The van der Waals surface area contributed by atoms with Crippen molar-refractivity contribution in [3.63, 3.8) is 0 Å². The highest BCUT2D eigenvalue weighted by Gasteiger charge is 2.19. The van der Waals surface area contributed by atoms with E-state index < -0.39 is 18.0 Å². The molecule has 0 aromatic rings. The molecular weight excluding hydrogens is 925 g/mol. The van der Waals surface area contributed by atoms with Crippen LogP contribution in [0.5, 0.6) is 0 Å². The summed E-state index contributed by atoms with van der Waals surface area (Å²) in [7, 11) is 0. The second kappa shape index (κ2) is 62.1. The number of esters is 3. The minimum atomic E-state index is -0.853. The Balaban J connectivity index is 4.46. The molecule has 0 aliphatic carbocycles. The van der Waals surface area contributed by atoms with Gasteiger partial charge < -0.3 is 14.2 Å². The smallest absolute Gasteiger partial charge is 0.309 e. The first-order valence-electron chi connectivity index (χ1n) is 30.7. The van der Waals surface area contributed by atoms with Gasteiger partial charge in [0, 0.05) is 12.8 Å². The molecule has 6 heteroatoms. The number of rotatable bonds is 54. The Morgan fingerprint density at radius 2 is 0.587 bits per heavy atom. The van der Waals surface area contributed by atoms with E-state index in [1.165, 1.54) is 128 Å². The Labute approximate surface area is 462 Å². The van der Waals surface area contributed by atoms with Crippen molar-refractivity contribution in [2.45, 2.75) is 271 Å². The lowest BCUT2D eigenvalue weighted by atomic mass is 10.0. The van der Waals surface area contributed by atoms with Crippen LogP contribution in [-0.4, -0.2) is 37.2 Å². The minimum Gasteiger partial charge on any atom is -0.462 e. The number of unbranched alkanes of at least 4 members (excludes halogenated alkanes) is 22. The molecule has 0 bridgehead atoms. The lowest BCUT2D eigenvalue weighted by Crippen LogP contribution is -2.30. The van der Waals surface area contributed by atoms with E-state index >= 15 is 0 Å². The van der Waals surface area contributed by atoms with Crippen LogP contribution in [0.2, 0.25) is 0 Å². The van der Waals surface area contributed by atoms with Crippen LogP contribution < -0.4 is 0 Å². The Morgan fingerprint density at radius 1 is 0.293 bits per heavy atom. The molecule has 0 aliphatic rings. The van der Waals surface area contributed by atoms with Crippen molar-refractivity contribution in [3.05, 3.63) is 134 Å².